The molecule has 0 atom stereocenters. The highest BCUT2D eigenvalue weighted by Crippen LogP contribution is 2.21. The first-order valence-corrected chi connectivity index (χ1v) is 10.8. The Hall–Kier alpha value is -1.39. The van der Waals surface area contributed by atoms with Gasteiger partial charge in [-0.15, -0.1) is 0 Å². The van der Waals surface area contributed by atoms with E-state index in [1.54, 1.807) is 0 Å². The first-order chi connectivity index (χ1) is 9.86. The quantitative estimate of drug-likeness (QED) is 0.331. The summed E-state index contributed by atoms with van der Waals surface area (Å²) in [6.45, 7) is 9.85. The van der Waals surface area contributed by atoms with Crippen LogP contribution in [0.2, 0.25) is 19.6 Å². The molecule has 116 valence electrons. The summed E-state index contributed by atoms with van der Waals surface area (Å²) < 4.78 is 10.6. The standard InChI is InChI=1S/C17H26O3Si/c1-14(21(3,4)5)16(17(18)19-2)11-12-20-13-15-9-7-6-8-10-15/h6-10H,11-13H2,1-5H3/b16-14+. The van der Waals surface area contributed by atoms with Crippen molar-refractivity contribution in [3.05, 3.63) is 46.7 Å². The zero-order valence-corrected chi connectivity index (χ0v) is 14.7. The Morgan fingerprint density at radius 3 is 2.29 bits per heavy atom. The largest absolute Gasteiger partial charge is 0.466 e. The van der Waals surface area contributed by atoms with E-state index in [1.165, 1.54) is 12.3 Å². The molecule has 0 unspecified atom stereocenters. The van der Waals surface area contributed by atoms with Gasteiger partial charge in [-0.05, 0) is 12.5 Å². The van der Waals surface area contributed by atoms with Crippen LogP contribution in [0.25, 0.3) is 0 Å². The van der Waals surface area contributed by atoms with Gasteiger partial charge in [-0.25, -0.2) is 4.79 Å². The highest BCUT2D eigenvalue weighted by atomic mass is 28.3. The third-order valence-corrected chi connectivity index (χ3v) is 6.17. The minimum atomic E-state index is -1.50. The zero-order valence-electron chi connectivity index (χ0n) is 13.7. The maximum absolute atomic E-state index is 12.0. The minimum absolute atomic E-state index is 0.224. The average molecular weight is 306 g/mol. The molecule has 1 rings (SSSR count). The fourth-order valence-electron chi connectivity index (χ4n) is 1.96. The number of ether oxygens (including phenoxy) is 2. The monoisotopic (exact) mass is 306 g/mol. The number of hydrogen-bond donors (Lipinski definition) is 0. The highest BCUT2D eigenvalue weighted by molar-refractivity contribution is 6.83. The van der Waals surface area contributed by atoms with Crippen molar-refractivity contribution in [2.75, 3.05) is 13.7 Å². The predicted molar refractivity (Wildman–Crippen MR) is 88.8 cm³/mol. The van der Waals surface area contributed by atoms with Crippen molar-refractivity contribution in [3.63, 3.8) is 0 Å². The van der Waals surface area contributed by atoms with Crippen LogP contribution in [0.5, 0.6) is 0 Å². The van der Waals surface area contributed by atoms with Gasteiger partial charge in [0.2, 0.25) is 0 Å². The van der Waals surface area contributed by atoms with E-state index in [-0.39, 0.29) is 5.97 Å². The molecule has 0 N–H and O–H groups in total. The van der Waals surface area contributed by atoms with E-state index in [1.807, 2.05) is 30.3 Å². The van der Waals surface area contributed by atoms with E-state index in [9.17, 15) is 4.79 Å². The smallest absolute Gasteiger partial charge is 0.333 e. The van der Waals surface area contributed by atoms with Crippen LogP contribution >= 0.6 is 0 Å². The van der Waals surface area contributed by atoms with Gasteiger partial charge in [0, 0.05) is 12.0 Å². The number of hydrogen-bond acceptors (Lipinski definition) is 3. The molecular weight excluding hydrogens is 280 g/mol. The molecule has 21 heavy (non-hydrogen) atoms. The Morgan fingerprint density at radius 2 is 1.76 bits per heavy atom. The van der Waals surface area contributed by atoms with E-state index >= 15 is 0 Å². The van der Waals surface area contributed by atoms with Crippen LogP contribution in [0.4, 0.5) is 0 Å². The summed E-state index contributed by atoms with van der Waals surface area (Å²) in [4.78, 5) is 12.0. The molecule has 0 aliphatic rings. The molecule has 3 nitrogen and oxygen atoms in total. The molecule has 0 aliphatic heterocycles. The highest BCUT2D eigenvalue weighted by Gasteiger charge is 2.23. The summed E-state index contributed by atoms with van der Waals surface area (Å²) in [6, 6.07) is 10.0. The lowest BCUT2D eigenvalue weighted by Crippen LogP contribution is -2.26. The van der Waals surface area contributed by atoms with E-state index in [2.05, 4.69) is 26.6 Å². The zero-order chi connectivity index (χ0) is 15.9. The average Bonchev–Trinajstić information content (AvgIpc) is 2.46. The molecule has 0 radical (unpaired) electrons. The second-order valence-electron chi connectivity index (χ2n) is 6.13. The molecule has 0 amide bonds. The van der Waals surface area contributed by atoms with Crippen LogP contribution < -0.4 is 0 Å². The van der Waals surface area contributed by atoms with Gasteiger partial charge in [-0.2, -0.15) is 0 Å². The molecule has 1 aromatic carbocycles. The topological polar surface area (TPSA) is 35.5 Å². The van der Waals surface area contributed by atoms with E-state index < -0.39 is 8.07 Å². The number of carbonyl (C=O) groups is 1. The SMILES string of the molecule is COC(=O)/C(CCOCc1ccccc1)=C(\C)[Si](C)(C)C. The molecule has 0 heterocycles. The van der Waals surface area contributed by atoms with E-state index in [0.29, 0.717) is 19.6 Å². The Morgan fingerprint density at radius 1 is 1.14 bits per heavy atom. The van der Waals surface area contributed by atoms with Crippen LogP contribution in [-0.4, -0.2) is 27.8 Å². The van der Waals surface area contributed by atoms with Gasteiger partial charge in [-0.1, -0.05) is 55.2 Å². The molecule has 0 fully saturated rings. The van der Waals surface area contributed by atoms with Gasteiger partial charge in [0.1, 0.15) is 0 Å². The molecule has 0 saturated carbocycles. The summed E-state index contributed by atoms with van der Waals surface area (Å²) in [7, 11) is -0.0684. The number of benzene rings is 1. The van der Waals surface area contributed by atoms with Crippen molar-refractivity contribution < 1.29 is 14.3 Å². The maximum atomic E-state index is 12.0. The first kappa shape index (κ1) is 17.7. The van der Waals surface area contributed by atoms with Crippen molar-refractivity contribution >= 4 is 14.0 Å². The Labute approximate surface area is 129 Å². The van der Waals surface area contributed by atoms with Crippen LogP contribution in [0, 0.1) is 0 Å². The van der Waals surface area contributed by atoms with Crippen molar-refractivity contribution in [1.82, 2.24) is 0 Å². The second-order valence-corrected chi connectivity index (χ2v) is 11.4. The van der Waals surface area contributed by atoms with Gasteiger partial charge < -0.3 is 9.47 Å². The lowest BCUT2D eigenvalue weighted by molar-refractivity contribution is -0.136. The summed E-state index contributed by atoms with van der Waals surface area (Å²) in [5.41, 5.74) is 1.92. The number of methoxy groups -OCH3 is 1. The summed E-state index contributed by atoms with van der Waals surface area (Å²) >= 11 is 0. The number of esters is 1. The van der Waals surface area contributed by atoms with Gasteiger partial charge in [0.15, 0.2) is 0 Å². The maximum Gasteiger partial charge on any atom is 0.333 e. The molecule has 0 bridgehead atoms. The number of allylic oxidation sites excluding steroid dienone is 1. The first-order valence-electron chi connectivity index (χ1n) is 7.26. The molecule has 4 heteroatoms. The van der Waals surface area contributed by atoms with E-state index in [4.69, 9.17) is 9.47 Å². The normalized spacial score (nSPS) is 12.8. The third kappa shape index (κ3) is 5.85. The van der Waals surface area contributed by atoms with E-state index in [0.717, 1.165) is 11.1 Å². The lowest BCUT2D eigenvalue weighted by Gasteiger charge is -2.21. The van der Waals surface area contributed by atoms with Crippen LogP contribution in [-0.2, 0) is 20.9 Å². The van der Waals surface area contributed by atoms with Crippen molar-refractivity contribution in [2.24, 2.45) is 0 Å². The van der Waals surface area contributed by atoms with Gasteiger partial charge in [-0.3, -0.25) is 0 Å². The predicted octanol–water partition coefficient (Wildman–Crippen LogP) is 3.96. The second kappa shape index (κ2) is 8.15. The van der Waals surface area contributed by atoms with Crippen LogP contribution in [0.15, 0.2) is 41.1 Å². The van der Waals surface area contributed by atoms with Gasteiger partial charge >= 0.3 is 5.97 Å². The van der Waals surface area contributed by atoms with Crippen LogP contribution in [0.3, 0.4) is 0 Å². The van der Waals surface area contributed by atoms with Gasteiger partial charge in [0.25, 0.3) is 0 Å². The summed E-state index contributed by atoms with van der Waals surface area (Å²) in [5, 5.41) is 1.19. The minimum Gasteiger partial charge on any atom is -0.466 e. The Kier molecular flexibility index (Phi) is 6.85. The van der Waals surface area contributed by atoms with Crippen molar-refractivity contribution in [3.8, 4) is 0 Å². The molecular formula is C17H26O3Si. The van der Waals surface area contributed by atoms with Crippen molar-refractivity contribution in [1.29, 1.82) is 0 Å². The summed E-state index contributed by atoms with van der Waals surface area (Å²) in [5.74, 6) is -0.224. The number of carbonyl (C=O) groups excluding carboxylic acids is 1. The Balaban J connectivity index is 2.61. The summed E-state index contributed by atoms with van der Waals surface area (Å²) in [6.07, 6.45) is 0.607. The fraction of sp³-hybridized carbons (Fsp3) is 0.471. The molecule has 0 saturated heterocycles. The lowest BCUT2D eigenvalue weighted by atomic mass is 10.2. The fourth-order valence-corrected chi connectivity index (χ4v) is 3.09. The third-order valence-electron chi connectivity index (χ3n) is 3.62. The number of rotatable bonds is 7. The molecule has 0 spiro atoms. The molecule has 0 aromatic heterocycles. The molecule has 1 aromatic rings. The van der Waals surface area contributed by atoms with Crippen LogP contribution in [0.1, 0.15) is 18.9 Å². The Bertz CT molecular complexity index is 487. The van der Waals surface area contributed by atoms with Crippen molar-refractivity contribution in [2.45, 2.75) is 39.6 Å². The van der Waals surface area contributed by atoms with Gasteiger partial charge in [0.05, 0.1) is 28.4 Å². The molecule has 0 aliphatic carbocycles.